The average Bonchev–Trinajstić information content (AvgIpc) is 3.07. The smallest absolute Gasteiger partial charge is 0.413 e. The first-order valence-electron chi connectivity index (χ1n) is 16.4. The van der Waals surface area contributed by atoms with Crippen molar-refractivity contribution in [1.82, 2.24) is 15.1 Å². The van der Waals surface area contributed by atoms with Crippen LogP contribution in [0.4, 0.5) is 10.5 Å². The molecule has 12 heteroatoms. The number of anilines is 1. The zero-order chi connectivity index (χ0) is 33.1. The molecule has 0 unspecified atom stereocenters. The topological polar surface area (TPSA) is 108 Å². The molecule has 4 aromatic carbocycles. The molecule has 49 heavy (non-hydrogen) atoms. The molecule has 268 valence electrons. The molecule has 0 bridgehead atoms. The third-order valence-corrected chi connectivity index (χ3v) is 7.98. The number of carbonyl (C=O) groups excluding carboxylic acids is 1. The van der Waals surface area contributed by atoms with Crippen molar-refractivity contribution in [3.63, 3.8) is 0 Å². The lowest BCUT2D eigenvalue weighted by Gasteiger charge is -2.26. The standard InChI is InChI=1S/C21H28N2O4.C16H20N2O2.2ClH/c1-21(2,3)22-20(24)27-19-9-8-18(16-6-4-5-7-17(16)19)26-15-12-23-10-13-25-14-11-23;17-15-5-6-16(14-4-2-1-3-13(14)15)20-12-9-18-7-10-19-11-8-18;;/h4-9H,10-15H2,1-3H3,(H,22,24);1-6H,7-12,17H2;2*1H. The number of nitrogens with one attached hydrogen (secondary N) is 1. The molecule has 2 heterocycles. The number of nitrogens with two attached hydrogens (primary N) is 1. The van der Waals surface area contributed by atoms with Crippen LogP contribution in [0.2, 0.25) is 0 Å². The van der Waals surface area contributed by atoms with Crippen LogP contribution in [0.5, 0.6) is 17.2 Å². The Morgan fingerprint density at radius 1 is 0.673 bits per heavy atom. The molecule has 0 atom stereocenters. The number of ether oxygens (including phenoxy) is 5. The normalized spacial score (nSPS) is 15.2. The molecule has 6 rings (SSSR count). The number of rotatable bonds is 9. The van der Waals surface area contributed by atoms with E-state index in [0.29, 0.717) is 19.0 Å². The Bertz CT molecular complexity index is 1610. The zero-order valence-corrected chi connectivity index (χ0v) is 30.3. The van der Waals surface area contributed by atoms with Crippen molar-refractivity contribution < 1.29 is 28.5 Å². The number of nitrogens with zero attached hydrogens (tertiary/aromatic N) is 2. The molecule has 10 nitrogen and oxygen atoms in total. The number of fused-ring (bicyclic) bond motifs is 2. The van der Waals surface area contributed by atoms with Gasteiger partial charge in [-0.25, -0.2) is 4.79 Å². The minimum atomic E-state index is -0.464. The molecule has 2 saturated heterocycles. The number of halogens is 2. The van der Waals surface area contributed by atoms with Crippen molar-refractivity contribution in [3.05, 3.63) is 72.8 Å². The highest BCUT2D eigenvalue weighted by Gasteiger charge is 2.18. The molecule has 2 aliphatic heterocycles. The first kappa shape index (κ1) is 39.9. The number of carbonyl (C=O) groups is 1. The van der Waals surface area contributed by atoms with Gasteiger partial charge < -0.3 is 34.7 Å². The molecule has 0 aliphatic carbocycles. The zero-order valence-electron chi connectivity index (χ0n) is 28.7. The van der Waals surface area contributed by atoms with Crippen LogP contribution in [0.1, 0.15) is 20.8 Å². The summed E-state index contributed by atoms with van der Waals surface area (Å²) < 4.78 is 28.2. The minimum absolute atomic E-state index is 0. The molecule has 0 spiro atoms. The maximum atomic E-state index is 12.1. The van der Waals surface area contributed by atoms with Crippen LogP contribution in [-0.4, -0.2) is 100 Å². The Labute approximate surface area is 301 Å². The Kier molecular flexibility index (Phi) is 16.0. The van der Waals surface area contributed by atoms with Crippen molar-refractivity contribution in [2.75, 3.05) is 84.6 Å². The first-order valence-corrected chi connectivity index (χ1v) is 16.4. The molecular weight excluding hydrogens is 667 g/mol. The number of morpholine rings is 2. The molecule has 3 N–H and O–H groups in total. The fraction of sp³-hybridized carbons (Fsp3) is 0.432. The number of benzene rings is 4. The molecule has 2 fully saturated rings. The van der Waals surface area contributed by atoms with Gasteiger partial charge in [-0.15, -0.1) is 24.8 Å². The first-order chi connectivity index (χ1) is 22.8. The highest BCUT2D eigenvalue weighted by atomic mass is 35.5. The Balaban J connectivity index is 0.000000265. The van der Waals surface area contributed by atoms with E-state index in [-0.39, 0.29) is 30.4 Å². The third-order valence-electron chi connectivity index (χ3n) is 7.98. The largest absolute Gasteiger partial charge is 0.492 e. The van der Waals surface area contributed by atoms with Gasteiger partial charge in [-0.3, -0.25) is 9.80 Å². The van der Waals surface area contributed by atoms with Crippen molar-refractivity contribution in [1.29, 1.82) is 0 Å². The second kappa shape index (κ2) is 19.6. The van der Waals surface area contributed by atoms with Crippen molar-refractivity contribution in [3.8, 4) is 17.2 Å². The van der Waals surface area contributed by atoms with Crippen molar-refractivity contribution in [2.45, 2.75) is 26.3 Å². The summed E-state index contributed by atoms with van der Waals surface area (Å²) >= 11 is 0. The predicted octanol–water partition coefficient (Wildman–Crippen LogP) is 6.41. The van der Waals surface area contributed by atoms with E-state index in [2.05, 4.69) is 21.2 Å². The third kappa shape index (κ3) is 12.1. The predicted molar refractivity (Wildman–Crippen MR) is 201 cm³/mol. The fourth-order valence-corrected chi connectivity index (χ4v) is 5.53. The van der Waals surface area contributed by atoms with E-state index < -0.39 is 6.09 Å². The van der Waals surface area contributed by atoms with Gasteiger partial charge in [0.2, 0.25) is 0 Å². The molecule has 4 aromatic rings. The van der Waals surface area contributed by atoms with Crippen LogP contribution in [0.25, 0.3) is 21.5 Å². The lowest BCUT2D eigenvalue weighted by Crippen LogP contribution is -2.42. The number of nitrogen functional groups attached to an aromatic ring is 1. The molecule has 0 radical (unpaired) electrons. The molecular formula is C37H50Cl2N4O6. The summed E-state index contributed by atoms with van der Waals surface area (Å²) in [5.74, 6) is 2.22. The minimum Gasteiger partial charge on any atom is -0.492 e. The van der Waals surface area contributed by atoms with Crippen LogP contribution in [0.15, 0.2) is 72.8 Å². The van der Waals surface area contributed by atoms with Gasteiger partial charge in [0, 0.05) is 72.0 Å². The quantitative estimate of drug-likeness (QED) is 0.190. The van der Waals surface area contributed by atoms with E-state index in [1.165, 1.54) is 0 Å². The molecule has 0 saturated carbocycles. The molecule has 1 amide bonds. The highest BCUT2D eigenvalue weighted by Crippen LogP contribution is 2.33. The fourth-order valence-electron chi connectivity index (χ4n) is 5.53. The summed E-state index contributed by atoms with van der Waals surface area (Å²) in [4.78, 5) is 16.8. The van der Waals surface area contributed by atoms with E-state index in [4.69, 9.17) is 29.4 Å². The van der Waals surface area contributed by atoms with Crippen LogP contribution in [0, 0.1) is 0 Å². The average molecular weight is 718 g/mol. The Hall–Kier alpha value is -3.51. The van der Waals surface area contributed by atoms with Crippen LogP contribution in [0.3, 0.4) is 0 Å². The Morgan fingerprint density at radius 2 is 1.08 bits per heavy atom. The number of hydrogen-bond donors (Lipinski definition) is 2. The molecule has 0 aromatic heterocycles. The maximum Gasteiger partial charge on any atom is 0.413 e. The van der Waals surface area contributed by atoms with Crippen LogP contribution < -0.4 is 25.3 Å². The van der Waals surface area contributed by atoms with Crippen molar-refractivity contribution in [2.24, 2.45) is 0 Å². The Morgan fingerprint density at radius 3 is 1.57 bits per heavy atom. The van der Waals surface area contributed by atoms with Gasteiger partial charge >= 0.3 is 6.09 Å². The summed E-state index contributed by atoms with van der Waals surface area (Å²) in [6, 6.07) is 23.4. The van der Waals surface area contributed by atoms with Gasteiger partial charge in [-0.1, -0.05) is 48.5 Å². The summed E-state index contributed by atoms with van der Waals surface area (Å²) in [6.07, 6.45) is -0.464. The summed E-state index contributed by atoms with van der Waals surface area (Å²) in [6.45, 7) is 15.9. The highest BCUT2D eigenvalue weighted by molar-refractivity contribution is 5.97. The number of hydrogen-bond acceptors (Lipinski definition) is 9. The van der Waals surface area contributed by atoms with Gasteiger partial charge in [-0.2, -0.15) is 0 Å². The lowest BCUT2D eigenvalue weighted by atomic mass is 10.1. The van der Waals surface area contributed by atoms with E-state index in [1.54, 1.807) is 6.07 Å². The van der Waals surface area contributed by atoms with Crippen LogP contribution >= 0.6 is 24.8 Å². The van der Waals surface area contributed by atoms with Crippen LogP contribution in [-0.2, 0) is 9.47 Å². The summed E-state index contributed by atoms with van der Waals surface area (Å²) in [7, 11) is 0. The summed E-state index contributed by atoms with van der Waals surface area (Å²) in [5.41, 5.74) is 6.43. The van der Waals surface area contributed by atoms with E-state index >= 15 is 0 Å². The number of amides is 1. The van der Waals surface area contributed by atoms with E-state index in [0.717, 1.165) is 104 Å². The molecule has 2 aliphatic rings. The van der Waals surface area contributed by atoms with Gasteiger partial charge in [0.15, 0.2) is 0 Å². The summed E-state index contributed by atoms with van der Waals surface area (Å²) in [5, 5.41) is 6.72. The van der Waals surface area contributed by atoms with E-state index in [1.807, 2.05) is 81.4 Å². The lowest BCUT2D eigenvalue weighted by molar-refractivity contribution is 0.0322. The second-order valence-electron chi connectivity index (χ2n) is 12.7. The maximum absolute atomic E-state index is 12.1. The van der Waals surface area contributed by atoms with Gasteiger partial charge in [-0.05, 0) is 45.0 Å². The van der Waals surface area contributed by atoms with Gasteiger partial charge in [0.25, 0.3) is 0 Å². The second-order valence-corrected chi connectivity index (χ2v) is 12.7. The SMILES string of the molecule is CC(C)(C)NC(=O)Oc1ccc(OCCN2CCOCC2)c2ccccc12.Cl.Cl.Nc1ccc(OCCN2CCOCC2)c2ccccc12. The van der Waals surface area contributed by atoms with Crippen molar-refractivity contribution >= 4 is 58.1 Å². The van der Waals surface area contributed by atoms with Gasteiger partial charge in [0.05, 0.1) is 26.4 Å². The van der Waals surface area contributed by atoms with Gasteiger partial charge in [0.1, 0.15) is 30.5 Å². The monoisotopic (exact) mass is 716 g/mol. The van der Waals surface area contributed by atoms with E-state index in [9.17, 15) is 4.79 Å².